The number of nitrogen functional groups attached to an aromatic ring is 1. The van der Waals surface area contributed by atoms with Crippen LogP contribution in [0.5, 0.6) is 11.5 Å². The number of nitrogens with two attached hydrogens (primary N) is 1. The molecule has 5 rings (SSSR count). The van der Waals surface area contributed by atoms with Gasteiger partial charge >= 0.3 is 0 Å². The van der Waals surface area contributed by atoms with Crippen molar-refractivity contribution in [1.29, 1.82) is 0 Å². The highest BCUT2D eigenvalue weighted by molar-refractivity contribution is 5.99. The molecule has 0 saturated carbocycles. The molecule has 0 aliphatic carbocycles. The highest BCUT2D eigenvalue weighted by Crippen LogP contribution is 2.37. The Bertz CT molecular complexity index is 1300. The molecule has 3 heterocycles. The fourth-order valence-electron chi connectivity index (χ4n) is 4.20. The Morgan fingerprint density at radius 1 is 1.00 bits per heavy atom. The number of methoxy groups -OCH3 is 2. The second kappa shape index (κ2) is 10.2. The van der Waals surface area contributed by atoms with Crippen LogP contribution in [-0.4, -0.2) is 78.3 Å². The molecular weight excluding hydrogens is 446 g/mol. The van der Waals surface area contributed by atoms with Crippen molar-refractivity contribution in [2.24, 2.45) is 0 Å². The van der Waals surface area contributed by atoms with Gasteiger partial charge in [0.25, 0.3) is 0 Å². The van der Waals surface area contributed by atoms with Gasteiger partial charge in [0.15, 0.2) is 17.1 Å². The summed E-state index contributed by atoms with van der Waals surface area (Å²) in [7, 11) is 3.22. The van der Waals surface area contributed by atoms with Crippen LogP contribution in [0.25, 0.3) is 28.0 Å². The van der Waals surface area contributed by atoms with Crippen LogP contribution in [0.15, 0.2) is 48.5 Å². The number of fused-ring (bicyclic) bond motifs is 1. The van der Waals surface area contributed by atoms with Crippen LogP contribution in [-0.2, 0) is 4.74 Å². The number of hydrogen-bond donors (Lipinski definition) is 2. The van der Waals surface area contributed by atoms with Crippen molar-refractivity contribution >= 4 is 22.8 Å². The van der Waals surface area contributed by atoms with Gasteiger partial charge in [-0.25, -0.2) is 9.67 Å². The Labute approximate surface area is 203 Å². The zero-order valence-electron chi connectivity index (χ0n) is 19.9. The molecule has 1 aliphatic rings. The maximum atomic E-state index is 6.61. The number of nitrogens with one attached hydrogen (secondary N) is 1. The lowest BCUT2D eigenvalue weighted by Crippen LogP contribution is -2.39. The number of para-hydroxylation sites is 1. The van der Waals surface area contributed by atoms with Crippen molar-refractivity contribution < 1.29 is 14.2 Å². The average molecular weight is 476 g/mol. The van der Waals surface area contributed by atoms with E-state index in [0.29, 0.717) is 46.5 Å². The molecule has 0 radical (unpaired) electrons. The highest BCUT2D eigenvalue weighted by Gasteiger charge is 2.20. The standard InChI is InChI=1S/C25H29N7O3/c1-33-19-9-8-17(16-20(19)34-2)22-21-23(26)32(18-6-4-3-5-7-18)30-24(21)29-25(28-22)27-10-11-31-12-14-35-15-13-31/h3-9,16H,10-15,26H2,1-2H3,(H,27,29,30). The SMILES string of the molecule is COc1ccc(-c2nc(NCCN3CCOCC3)nc3nn(-c4ccccc4)c(N)c23)cc1OC. The molecule has 35 heavy (non-hydrogen) atoms. The van der Waals surface area contributed by atoms with Crippen molar-refractivity contribution in [3.63, 3.8) is 0 Å². The smallest absolute Gasteiger partial charge is 0.225 e. The van der Waals surface area contributed by atoms with Crippen molar-refractivity contribution in [3.8, 4) is 28.4 Å². The molecule has 3 N–H and O–H groups in total. The second-order valence-electron chi connectivity index (χ2n) is 8.18. The van der Waals surface area contributed by atoms with Gasteiger partial charge in [0.2, 0.25) is 5.95 Å². The second-order valence-corrected chi connectivity index (χ2v) is 8.18. The molecule has 0 atom stereocenters. The average Bonchev–Trinajstić information content (AvgIpc) is 3.25. The van der Waals surface area contributed by atoms with Crippen LogP contribution in [0.2, 0.25) is 0 Å². The van der Waals surface area contributed by atoms with Crippen molar-refractivity contribution in [2.45, 2.75) is 0 Å². The number of aromatic nitrogens is 4. The van der Waals surface area contributed by atoms with Gasteiger partial charge in [0.1, 0.15) is 5.82 Å². The van der Waals surface area contributed by atoms with Crippen LogP contribution >= 0.6 is 0 Å². The fourth-order valence-corrected chi connectivity index (χ4v) is 4.20. The Morgan fingerprint density at radius 2 is 1.77 bits per heavy atom. The van der Waals surface area contributed by atoms with E-state index in [-0.39, 0.29) is 0 Å². The monoisotopic (exact) mass is 475 g/mol. The minimum atomic E-state index is 0.468. The normalized spacial score (nSPS) is 14.2. The summed E-state index contributed by atoms with van der Waals surface area (Å²) in [5.74, 6) is 2.20. The lowest BCUT2D eigenvalue weighted by atomic mass is 10.1. The Balaban J connectivity index is 1.56. The van der Waals surface area contributed by atoms with Gasteiger partial charge in [-0.2, -0.15) is 4.98 Å². The number of anilines is 2. The van der Waals surface area contributed by atoms with Gasteiger partial charge in [-0.3, -0.25) is 4.90 Å². The van der Waals surface area contributed by atoms with E-state index >= 15 is 0 Å². The highest BCUT2D eigenvalue weighted by atomic mass is 16.5. The summed E-state index contributed by atoms with van der Waals surface area (Å²) in [5.41, 5.74) is 9.47. The van der Waals surface area contributed by atoms with Gasteiger partial charge < -0.3 is 25.3 Å². The first-order valence-electron chi connectivity index (χ1n) is 11.6. The molecule has 2 aromatic heterocycles. The minimum Gasteiger partial charge on any atom is -0.493 e. The molecule has 0 spiro atoms. The summed E-state index contributed by atoms with van der Waals surface area (Å²) >= 11 is 0. The van der Waals surface area contributed by atoms with Gasteiger partial charge in [-0.1, -0.05) is 18.2 Å². The van der Waals surface area contributed by atoms with Crippen molar-refractivity contribution in [1.82, 2.24) is 24.6 Å². The Hall–Kier alpha value is -3.89. The molecule has 1 fully saturated rings. The van der Waals surface area contributed by atoms with Gasteiger partial charge in [0, 0.05) is 31.7 Å². The third-order valence-electron chi connectivity index (χ3n) is 6.04. The molecule has 2 aromatic carbocycles. The number of ether oxygens (including phenoxy) is 3. The summed E-state index contributed by atoms with van der Waals surface area (Å²) in [6.45, 7) is 4.96. The lowest BCUT2D eigenvalue weighted by molar-refractivity contribution is 0.0398. The fraction of sp³-hybridized carbons (Fsp3) is 0.320. The zero-order valence-corrected chi connectivity index (χ0v) is 19.9. The predicted octanol–water partition coefficient (Wildman–Crippen LogP) is 2.83. The van der Waals surface area contributed by atoms with Crippen LogP contribution in [0.1, 0.15) is 0 Å². The number of hydrogen-bond acceptors (Lipinski definition) is 9. The summed E-state index contributed by atoms with van der Waals surface area (Å²) < 4.78 is 18.1. The summed E-state index contributed by atoms with van der Waals surface area (Å²) in [6.07, 6.45) is 0. The molecule has 10 nitrogen and oxygen atoms in total. The first-order chi connectivity index (χ1) is 17.2. The third kappa shape index (κ3) is 4.71. The Morgan fingerprint density at radius 3 is 2.51 bits per heavy atom. The first-order valence-corrected chi connectivity index (χ1v) is 11.6. The molecule has 0 unspecified atom stereocenters. The number of morpholine rings is 1. The van der Waals surface area contributed by atoms with E-state index in [1.54, 1.807) is 18.9 Å². The summed E-state index contributed by atoms with van der Waals surface area (Å²) in [4.78, 5) is 11.9. The van der Waals surface area contributed by atoms with Gasteiger partial charge in [0.05, 0.1) is 44.2 Å². The van der Waals surface area contributed by atoms with E-state index in [4.69, 9.17) is 35.0 Å². The quantitative estimate of drug-likeness (QED) is 0.397. The molecule has 0 bridgehead atoms. The maximum Gasteiger partial charge on any atom is 0.225 e. The lowest BCUT2D eigenvalue weighted by Gasteiger charge is -2.26. The van der Waals surface area contributed by atoms with Crippen LogP contribution in [0, 0.1) is 0 Å². The molecule has 1 aliphatic heterocycles. The van der Waals surface area contributed by atoms with Gasteiger partial charge in [-0.05, 0) is 30.3 Å². The van der Waals surface area contributed by atoms with Crippen molar-refractivity contribution in [3.05, 3.63) is 48.5 Å². The topological polar surface area (TPSA) is 113 Å². The molecule has 0 amide bonds. The number of nitrogens with zero attached hydrogens (tertiary/aromatic N) is 5. The summed E-state index contributed by atoms with van der Waals surface area (Å²) in [6, 6.07) is 15.4. The third-order valence-corrected chi connectivity index (χ3v) is 6.04. The maximum absolute atomic E-state index is 6.61. The summed E-state index contributed by atoms with van der Waals surface area (Å²) in [5, 5.41) is 8.76. The predicted molar refractivity (Wildman–Crippen MR) is 135 cm³/mol. The molecule has 10 heteroatoms. The number of benzene rings is 2. The molecule has 1 saturated heterocycles. The van der Waals surface area contributed by atoms with E-state index < -0.39 is 0 Å². The largest absolute Gasteiger partial charge is 0.493 e. The van der Waals surface area contributed by atoms with Crippen LogP contribution in [0.3, 0.4) is 0 Å². The molecule has 182 valence electrons. The van der Waals surface area contributed by atoms with Crippen LogP contribution in [0.4, 0.5) is 11.8 Å². The van der Waals surface area contributed by atoms with Crippen molar-refractivity contribution in [2.75, 3.05) is 64.7 Å². The molecule has 4 aromatic rings. The van der Waals surface area contributed by atoms with E-state index in [9.17, 15) is 0 Å². The Kier molecular flexibility index (Phi) is 6.64. The number of rotatable bonds is 8. The zero-order chi connectivity index (χ0) is 24.2. The van der Waals surface area contributed by atoms with E-state index in [1.165, 1.54) is 0 Å². The van der Waals surface area contributed by atoms with Crippen LogP contribution < -0.4 is 20.5 Å². The van der Waals surface area contributed by atoms with Gasteiger partial charge in [-0.15, -0.1) is 5.10 Å². The van der Waals surface area contributed by atoms with E-state index in [2.05, 4.69) is 10.2 Å². The van der Waals surface area contributed by atoms with E-state index in [0.717, 1.165) is 44.1 Å². The molecular formula is C25H29N7O3. The minimum absolute atomic E-state index is 0.468. The van der Waals surface area contributed by atoms with E-state index in [1.807, 2.05) is 48.5 Å². The first kappa shape index (κ1) is 22.9.